The lowest BCUT2D eigenvalue weighted by Crippen LogP contribution is -2.43. The highest BCUT2D eigenvalue weighted by Gasteiger charge is 2.47. The standard InChI is InChI=1S/C16H26N2OS/c1-17-7-5-16(6-8-17)13-18(10-14(16)12-19-2)11-15-4-3-9-20-15/h3-4,9,14H,5-8,10-13H2,1-2H3/t14-/m0/s1. The molecule has 0 amide bonds. The number of likely N-dealkylation sites (tertiary alicyclic amines) is 2. The zero-order valence-electron chi connectivity index (χ0n) is 12.7. The number of rotatable bonds is 4. The van der Waals surface area contributed by atoms with Crippen molar-refractivity contribution in [3.63, 3.8) is 0 Å². The molecule has 0 radical (unpaired) electrons. The summed E-state index contributed by atoms with van der Waals surface area (Å²) in [5, 5.41) is 2.18. The third-order valence-electron chi connectivity index (χ3n) is 5.19. The predicted molar refractivity (Wildman–Crippen MR) is 84.1 cm³/mol. The van der Waals surface area contributed by atoms with E-state index in [1.165, 1.54) is 43.9 Å². The normalized spacial score (nSPS) is 27.4. The number of methoxy groups -OCH3 is 1. The molecule has 20 heavy (non-hydrogen) atoms. The predicted octanol–water partition coefficient (Wildman–Crippen LogP) is 2.54. The second-order valence-electron chi connectivity index (χ2n) is 6.57. The highest BCUT2D eigenvalue weighted by atomic mass is 32.1. The van der Waals surface area contributed by atoms with Gasteiger partial charge in [0.25, 0.3) is 0 Å². The molecule has 2 fully saturated rings. The van der Waals surface area contributed by atoms with Crippen LogP contribution in [-0.2, 0) is 11.3 Å². The van der Waals surface area contributed by atoms with Crippen LogP contribution in [0, 0.1) is 11.3 Å². The molecule has 1 atom stereocenters. The Morgan fingerprint density at radius 3 is 2.85 bits per heavy atom. The van der Waals surface area contributed by atoms with Crippen molar-refractivity contribution in [1.82, 2.24) is 9.80 Å². The third kappa shape index (κ3) is 2.93. The van der Waals surface area contributed by atoms with Gasteiger partial charge < -0.3 is 9.64 Å². The molecular formula is C16H26N2OS. The van der Waals surface area contributed by atoms with Crippen LogP contribution < -0.4 is 0 Å². The minimum absolute atomic E-state index is 0.500. The van der Waals surface area contributed by atoms with E-state index in [1.807, 2.05) is 18.4 Å². The van der Waals surface area contributed by atoms with Crippen molar-refractivity contribution in [1.29, 1.82) is 0 Å². The molecule has 3 nitrogen and oxygen atoms in total. The van der Waals surface area contributed by atoms with Crippen LogP contribution in [-0.4, -0.2) is 56.7 Å². The maximum atomic E-state index is 5.53. The van der Waals surface area contributed by atoms with Crippen LogP contribution in [0.2, 0.25) is 0 Å². The van der Waals surface area contributed by atoms with Crippen molar-refractivity contribution >= 4 is 11.3 Å². The summed E-state index contributed by atoms with van der Waals surface area (Å²) < 4.78 is 5.53. The molecule has 0 aromatic carbocycles. The van der Waals surface area contributed by atoms with Crippen LogP contribution >= 0.6 is 11.3 Å². The molecule has 0 N–H and O–H groups in total. The molecule has 2 saturated heterocycles. The van der Waals surface area contributed by atoms with Crippen molar-refractivity contribution in [3.05, 3.63) is 22.4 Å². The fraction of sp³-hybridized carbons (Fsp3) is 0.750. The van der Waals surface area contributed by atoms with Gasteiger partial charge in [-0.3, -0.25) is 4.90 Å². The minimum atomic E-state index is 0.500. The van der Waals surface area contributed by atoms with Gasteiger partial charge in [0.05, 0.1) is 6.61 Å². The van der Waals surface area contributed by atoms with Crippen LogP contribution in [0.5, 0.6) is 0 Å². The highest BCUT2D eigenvalue weighted by molar-refractivity contribution is 7.09. The Bertz CT molecular complexity index is 412. The molecule has 2 aliphatic rings. The number of hydrogen-bond acceptors (Lipinski definition) is 4. The largest absolute Gasteiger partial charge is 0.384 e. The lowest BCUT2D eigenvalue weighted by Gasteiger charge is -2.41. The third-order valence-corrected chi connectivity index (χ3v) is 6.05. The fourth-order valence-electron chi connectivity index (χ4n) is 3.95. The monoisotopic (exact) mass is 294 g/mol. The average molecular weight is 294 g/mol. The molecule has 1 aromatic heterocycles. The Morgan fingerprint density at radius 1 is 1.40 bits per heavy atom. The fourth-order valence-corrected chi connectivity index (χ4v) is 4.69. The molecular weight excluding hydrogens is 268 g/mol. The molecule has 1 aromatic rings. The van der Waals surface area contributed by atoms with Gasteiger partial charge in [0.15, 0.2) is 0 Å². The van der Waals surface area contributed by atoms with Gasteiger partial charge in [0.2, 0.25) is 0 Å². The van der Waals surface area contributed by atoms with E-state index in [-0.39, 0.29) is 0 Å². The Labute approximate surface area is 126 Å². The first-order valence-corrected chi connectivity index (χ1v) is 8.52. The van der Waals surface area contributed by atoms with E-state index in [9.17, 15) is 0 Å². The lowest BCUT2D eigenvalue weighted by atomic mass is 9.71. The first-order valence-electron chi connectivity index (χ1n) is 7.64. The number of piperidine rings is 1. The molecule has 3 rings (SSSR count). The Morgan fingerprint density at radius 2 is 2.20 bits per heavy atom. The lowest BCUT2D eigenvalue weighted by molar-refractivity contribution is 0.0448. The first-order chi connectivity index (χ1) is 9.72. The summed E-state index contributed by atoms with van der Waals surface area (Å²) in [5.41, 5.74) is 0.500. The second kappa shape index (κ2) is 6.14. The van der Waals surface area contributed by atoms with Crippen molar-refractivity contribution < 1.29 is 4.74 Å². The SMILES string of the molecule is COC[C@@H]1CN(Cc2cccs2)CC12CCN(C)CC2. The Kier molecular flexibility index (Phi) is 4.46. The summed E-state index contributed by atoms with van der Waals surface area (Å²) in [6, 6.07) is 4.42. The molecule has 0 aliphatic carbocycles. The number of hydrogen-bond donors (Lipinski definition) is 0. The molecule has 0 bridgehead atoms. The average Bonchev–Trinajstić information content (AvgIpc) is 3.04. The maximum absolute atomic E-state index is 5.53. The first kappa shape index (κ1) is 14.5. The van der Waals surface area contributed by atoms with Crippen molar-refractivity contribution in [3.8, 4) is 0 Å². The van der Waals surface area contributed by atoms with Crippen LogP contribution in [0.1, 0.15) is 17.7 Å². The summed E-state index contributed by atoms with van der Waals surface area (Å²) in [4.78, 5) is 6.61. The molecule has 0 unspecified atom stereocenters. The summed E-state index contributed by atoms with van der Waals surface area (Å²) in [6.07, 6.45) is 2.66. The topological polar surface area (TPSA) is 15.7 Å². The molecule has 4 heteroatoms. The quantitative estimate of drug-likeness (QED) is 0.849. The van der Waals surface area contributed by atoms with Gasteiger partial charge in [-0.15, -0.1) is 11.3 Å². The van der Waals surface area contributed by atoms with E-state index in [0.717, 1.165) is 13.2 Å². The maximum Gasteiger partial charge on any atom is 0.0508 e. The highest BCUT2D eigenvalue weighted by Crippen LogP contribution is 2.45. The van der Waals surface area contributed by atoms with Gasteiger partial charge in [0, 0.05) is 37.5 Å². The Balaban J connectivity index is 1.68. The summed E-state index contributed by atoms with van der Waals surface area (Å²) in [5.74, 6) is 0.709. The zero-order valence-corrected chi connectivity index (χ0v) is 13.5. The van der Waals surface area contributed by atoms with Crippen molar-refractivity contribution in [2.24, 2.45) is 11.3 Å². The Hall–Kier alpha value is -0.420. The molecule has 112 valence electrons. The van der Waals surface area contributed by atoms with Crippen LogP contribution in [0.25, 0.3) is 0 Å². The van der Waals surface area contributed by atoms with E-state index >= 15 is 0 Å². The van der Waals surface area contributed by atoms with Gasteiger partial charge in [0.1, 0.15) is 0 Å². The van der Waals surface area contributed by atoms with Crippen LogP contribution in [0.15, 0.2) is 17.5 Å². The van der Waals surface area contributed by atoms with Gasteiger partial charge in [-0.1, -0.05) is 6.07 Å². The van der Waals surface area contributed by atoms with Gasteiger partial charge >= 0.3 is 0 Å². The number of thiophene rings is 1. The van der Waals surface area contributed by atoms with Crippen molar-refractivity contribution in [2.45, 2.75) is 19.4 Å². The zero-order chi connectivity index (χ0) is 14.0. The van der Waals surface area contributed by atoms with Gasteiger partial charge in [-0.05, 0) is 49.8 Å². The molecule has 2 aliphatic heterocycles. The van der Waals surface area contributed by atoms with Gasteiger partial charge in [-0.2, -0.15) is 0 Å². The molecule has 1 spiro atoms. The van der Waals surface area contributed by atoms with E-state index < -0.39 is 0 Å². The van der Waals surface area contributed by atoms with E-state index in [2.05, 4.69) is 34.4 Å². The van der Waals surface area contributed by atoms with Crippen molar-refractivity contribution in [2.75, 3.05) is 46.9 Å². The van der Waals surface area contributed by atoms with Crippen LogP contribution in [0.3, 0.4) is 0 Å². The van der Waals surface area contributed by atoms with Gasteiger partial charge in [-0.25, -0.2) is 0 Å². The summed E-state index contributed by atoms with van der Waals surface area (Å²) >= 11 is 1.88. The molecule has 0 saturated carbocycles. The summed E-state index contributed by atoms with van der Waals surface area (Å²) in [7, 11) is 4.10. The number of ether oxygens (including phenoxy) is 1. The van der Waals surface area contributed by atoms with E-state index in [4.69, 9.17) is 4.74 Å². The summed E-state index contributed by atoms with van der Waals surface area (Å²) in [6.45, 7) is 6.99. The smallest absolute Gasteiger partial charge is 0.0508 e. The van der Waals surface area contributed by atoms with Crippen LogP contribution in [0.4, 0.5) is 0 Å². The number of nitrogens with zero attached hydrogens (tertiary/aromatic N) is 2. The minimum Gasteiger partial charge on any atom is -0.384 e. The molecule has 3 heterocycles. The van der Waals surface area contributed by atoms with E-state index in [1.54, 1.807) is 0 Å². The van der Waals surface area contributed by atoms with E-state index in [0.29, 0.717) is 11.3 Å². The second-order valence-corrected chi connectivity index (χ2v) is 7.60.